The lowest BCUT2D eigenvalue weighted by molar-refractivity contribution is 0.252. The van der Waals surface area contributed by atoms with E-state index in [9.17, 15) is 13.0 Å². The third-order valence-corrected chi connectivity index (χ3v) is 4.83. The Bertz CT molecular complexity index is 649. The largest absolute Gasteiger partial charge is 0.329 e. The summed E-state index contributed by atoms with van der Waals surface area (Å²) in [7, 11) is -4.16. The summed E-state index contributed by atoms with van der Waals surface area (Å²) in [4.78, 5) is 1.98. The average molecular weight is 334 g/mol. The predicted octanol–water partition coefficient (Wildman–Crippen LogP) is 1.90. The highest BCUT2D eigenvalue weighted by atomic mass is 32.2. The van der Waals surface area contributed by atoms with Gasteiger partial charge in [-0.05, 0) is 11.1 Å². The molecule has 1 atom stereocenters. The molecule has 0 heterocycles. The zero-order chi connectivity index (χ0) is 16.7. The molecular weight excluding hydrogens is 312 g/mol. The van der Waals surface area contributed by atoms with E-state index in [0.29, 0.717) is 13.1 Å². The van der Waals surface area contributed by atoms with E-state index < -0.39 is 15.4 Å². The molecule has 6 heteroatoms. The topological polar surface area (TPSA) is 83.6 Å². The number of nitrogens with zero attached hydrogens (tertiary/aromatic N) is 1. The Morgan fingerprint density at radius 2 is 1.35 bits per heavy atom. The standard InChI is InChI=1S/C17H22N2O3S/c18-11-17(23(20,21)22)14-19(12-15-7-3-1-4-8-15)13-16-9-5-2-6-10-16/h1-10,17H,11-14,18H2,(H,20,21,22). The molecule has 0 aliphatic heterocycles. The first-order valence-electron chi connectivity index (χ1n) is 7.45. The minimum absolute atomic E-state index is 0.112. The lowest BCUT2D eigenvalue weighted by atomic mass is 10.1. The fourth-order valence-electron chi connectivity index (χ4n) is 2.45. The van der Waals surface area contributed by atoms with Crippen molar-refractivity contribution in [3.05, 3.63) is 71.8 Å². The van der Waals surface area contributed by atoms with Crippen LogP contribution in [0.5, 0.6) is 0 Å². The number of hydrogen-bond donors (Lipinski definition) is 2. The summed E-state index contributed by atoms with van der Waals surface area (Å²) in [5.74, 6) is 0. The molecule has 2 aromatic carbocycles. The summed E-state index contributed by atoms with van der Waals surface area (Å²) in [6, 6.07) is 19.6. The first-order chi connectivity index (χ1) is 11.0. The normalized spacial score (nSPS) is 13.2. The van der Waals surface area contributed by atoms with Crippen molar-refractivity contribution in [3.63, 3.8) is 0 Å². The van der Waals surface area contributed by atoms with E-state index in [0.717, 1.165) is 11.1 Å². The maximum Gasteiger partial charge on any atom is 0.270 e. The molecule has 0 bridgehead atoms. The second-order valence-corrected chi connectivity index (χ2v) is 7.21. The Morgan fingerprint density at radius 3 is 1.70 bits per heavy atom. The Balaban J connectivity index is 2.16. The van der Waals surface area contributed by atoms with Crippen LogP contribution in [0.2, 0.25) is 0 Å². The van der Waals surface area contributed by atoms with E-state index in [1.54, 1.807) is 0 Å². The third kappa shape index (κ3) is 5.76. The molecular formula is C17H22N2O3S. The molecule has 23 heavy (non-hydrogen) atoms. The highest BCUT2D eigenvalue weighted by Gasteiger charge is 2.24. The molecule has 0 aromatic heterocycles. The molecule has 0 spiro atoms. The number of benzene rings is 2. The van der Waals surface area contributed by atoms with Gasteiger partial charge in [0.05, 0.1) is 0 Å². The van der Waals surface area contributed by atoms with Gasteiger partial charge in [0, 0.05) is 26.2 Å². The van der Waals surface area contributed by atoms with Crippen molar-refractivity contribution in [2.45, 2.75) is 18.3 Å². The van der Waals surface area contributed by atoms with Crippen molar-refractivity contribution in [3.8, 4) is 0 Å². The van der Waals surface area contributed by atoms with Crippen LogP contribution in [0.25, 0.3) is 0 Å². The van der Waals surface area contributed by atoms with Gasteiger partial charge in [0.25, 0.3) is 10.1 Å². The van der Waals surface area contributed by atoms with Crippen LogP contribution >= 0.6 is 0 Å². The molecule has 5 nitrogen and oxygen atoms in total. The molecule has 0 saturated carbocycles. The lowest BCUT2D eigenvalue weighted by Gasteiger charge is -2.26. The summed E-state index contributed by atoms with van der Waals surface area (Å²) in [5, 5.41) is -0.991. The second kappa shape index (κ2) is 8.21. The van der Waals surface area contributed by atoms with Crippen molar-refractivity contribution in [2.75, 3.05) is 13.1 Å². The Morgan fingerprint density at radius 1 is 0.913 bits per heavy atom. The van der Waals surface area contributed by atoms with Crippen molar-refractivity contribution in [1.82, 2.24) is 4.90 Å². The monoisotopic (exact) mass is 334 g/mol. The van der Waals surface area contributed by atoms with Crippen LogP contribution in [0.3, 0.4) is 0 Å². The molecule has 0 aliphatic carbocycles. The van der Waals surface area contributed by atoms with Gasteiger partial charge >= 0.3 is 0 Å². The molecule has 1 unspecified atom stereocenters. The fourth-order valence-corrected chi connectivity index (χ4v) is 3.09. The molecule has 0 saturated heterocycles. The average Bonchev–Trinajstić information content (AvgIpc) is 2.53. The number of nitrogens with two attached hydrogens (primary N) is 1. The van der Waals surface area contributed by atoms with Gasteiger partial charge in [-0.25, -0.2) is 0 Å². The van der Waals surface area contributed by atoms with Gasteiger partial charge in [-0.3, -0.25) is 9.45 Å². The predicted molar refractivity (Wildman–Crippen MR) is 91.4 cm³/mol. The van der Waals surface area contributed by atoms with E-state index in [1.165, 1.54) is 0 Å². The second-order valence-electron chi connectivity index (χ2n) is 5.51. The fraction of sp³-hybridized carbons (Fsp3) is 0.294. The first kappa shape index (κ1) is 17.6. The SMILES string of the molecule is NCC(CN(Cc1ccccc1)Cc1ccccc1)S(=O)(=O)O. The highest BCUT2D eigenvalue weighted by molar-refractivity contribution is 7.86. The molecule has 0 fully saturated rings. The van der Waals surface area contributed by atoms with Crippen LogP contribution in [0.15, 0.2) is 60.7 Å². The lowest BCUT2D eigenvalue weighted by Crippen LogP contribution is -2.40. The van der Waals surface area contributed by atoms with Crippen molar-refractivity contribution >= 4 is 10.1 Å². The quantitative estimate of drug-likeness (QED) is 0.721. The molecule has 3 N–H and O–H groups in total. The molecule has 0 radical (unpaired) electrons. The molecule has 2 aromatic rings. The summed E-state index contributed by atoms with van der Waals surface area (Å²) >= 11 is 0. The van der Waals surface area contributed by atoms with E-state index >= 15 is 0 Å². The van der Waals surface area contributed by atoms with E-state index in [1.807, 2.05) is 65.6 Å². The maximum atomic E-state index is 11.5. The first-order valence-corrected chi connectivity index (χ1v) is 8.96. The van der Waals surface area contributed by atoms with Crippen LogP contribution in [-0.2, 0) is 23.2 Å². The van der Waals surface area contributed by atoms with E-state index in [4.69, 9.17) is 5.73 Å². The van der Waals surface area contributed by atoms with Gasteiger partial charge < -0.3 is 5.73 Å². The van der Waals surface area contributed by atoms with Crippen LogP contribution in [0.1, 0.15) is 11.1 Å². The summed E-state index contributed by atoms with van der Waals surface area (Å²) in [5.41, 5.74) is 7.68. The van der Waals surface area contributed by atoms with Crippen LogP contribution < -0.4 is 5.73 Å². The Hall–Kier alpha value is -1.73. The molecule has 0 aliphatic rings. The van der Waals surface area contributed by atoms with Crippen molar-refractivity contribution in [1.29, 1.82) is 0 Å². The van der Waals surface area contributed by atoms with Crippen LogP contribution in [0.4, 0.5) is 0 Å². The Kier molecular flexibility index (Phi) is 6.29. The summed E-state index contributed by atoms with van der Waals surface area (Å²) in [6.07, 6.45) is 0. The minimum Gasteiger partial charge on any atom is -0.329 e. The summed E-state index contributed by atoms with van der Waals surface area (Å²) in [6.45, 7) is 1.24. The third-order valence-electron chi connectivity index (χ3n) is 3.64. The summed E-state index contributed by atoms with van der Waals surface area (Å²) < 4.78 is 32.2. The number of hydrogen-bond acceptors (Lipinski definition) is 4. The maximum absolute atomic E-state index is 11.5. The van der Waals surface area contributed by atoms with Gasteiger partial charge in [0.2, 0.25) is 0 Å². The Labute approximate surface area is 137 Å². The number of rotatable bonds is 8. The zero-order valence-electron chi connectivity index (χ0n) is 12.9. The minimum atomic E-state index is -4.16. The van der Waals surface area contributed by atoms with Crippen molar-refractivity contribution < 1.29 is 13.0 Å². The van der Waals surface area contributed by atoms with Gasteiger partial charge in [0.15, 0.2) is 0 Å². The van der Waals surface area contributed by atoms with E-state index in [-0.39, 0.29) is 13.1 Å². The van der Waals surface area contributed by atoms with E-state index in [2.05, 4.69) is 0 Å². The zero-order valence-corrected chi connectivity index (χ0v) is 13.7. The van der Waals surface area contributed by atoms with Crippen molar-refractivity contribution in [2.24, 2.45) is 5.73 Å². The van der Waals surface area contributed by atoms with Gasteiger partial charge in [0.1, 0.15) is 5.25 Å². The van der Waals surface area contributed by atoms with Crippen LogP contribution in [-0.4, -0.2) is 36.2 Å². The highest BCUT2D eigenvalue weighted by Crippen LogP contribution is 2.12. The van der Waals surface area contributed by atoms with Crippen LogP contribution in [0, 0.1) is 0 Å². The molecule has 124 valence electrons. The van der Waals surface area contributed by atoms with Gasteiger partial charge in [-0.15, -0.1) is 0 Å². The molecule has 2 rings (SSSR count). The van der Waals surface area contributed by atoms with Gasteiger partial charge in [-0.1, -0.05) is 60.7 Å². The smallest absolute Gasteiger partial charge is 0.270 e. The van der Waals surface area contributed by atoms with Gasteiger partial charge in [-0.2, -0.15) is 8.42 Å². The molecule has 0 amide bonds.